The Hall–Kier alpha value is -2.55. The summed E-state index contributed by atoms with van der Waals surface area (Å²) >= 11 is 0. The fourth-order valence-electron chi connectivity index (χ4n) is 3.26. The average Bonchev–Trinajstić information content (AvgIpc) is 2.83. The van der Waals surface area contributed by atoms with Crippen molar-refractivity contribution in [3.05, 3.63) is 58.8 Å². The van der Waals surface area contributed by atoms with E-state index in [1.807, 2.05) is 25.1 Å². The number of rotatable bonds is 3. The first-order chi connectivity index (χ1) is 10.5. The second-order valence-electron chi connectivity index (χ2n) is 5.68. The predicted molar refractivity (Wildman–Crippen MR) is 91.1 cm³/mol. The lowest BCUT2D eigenvalue weighted by Gasteiger charge is -2.13. The zero-order valence-electron chi connectivity index (χ0n) is 13.2. The van der Waals surface area contributed by atoms with Gasteiger partial charge in [-0.05, 0) is 49.1 Å². The first-order valence-corrected chi connectivity index (χ1v) is 7.54. The van der Waals surface area contributed by atoms with Gasteiger partial charge in [0.25, 0.3) is 0 Å². The fraction of sp³-hybridized carbons (Fsp3) is 0.211. The third-order valence-corrected chi connectivity index (χ3v) is 4.27. The second kappa shape index (κ2) is 5.34. The summed E-state index contributed by atoms with van der Waals surface area (Å²) in [5, 5.41) is 1.17. The van der Waals surface area contributed by atoms with Gasteiger partial charge in [-0.2, -0.15) is 0 Å². The van der Waals surface area contributed by atoms with Gasteiger partial charge in [-0.15, -0.1) is 0 Å². The van der Waals surface area contributed by atoms with Crippen LogP contribution in [0.3, 0.4) is 0 Å². The van der Waals surface area contributed by atoms with Crippen LogP contribution in [-0.4, -0.2) is 10.9 Å². The van der Waals surface area contributed by atoms with Gasteiger partial charge < -0.3 is 10.7 Å². The molecule has 3 N–H and O–H groups in total. The van der Waals surface area contributed by atoms with Crippen molar-refractivity contribution >= 4 is 16.8 Å². The number of aromatic nitrogens is 1. The highest BCUT2D eigenvalue weighted by molar-refractivity contribution is 6.07. The summed E-state index contributed by atoms with van der Waals surface area (Å²) in [5.74, 6) is -0.382. The number of nitrogens with two attached hydrogens (primary N) is 1. The Morgan fingerprint density at radius 1 is 1.09 bits per heavy atom. The second-order valence-corrected chi connectivity index (χ2v) is 5.68. The van der Waals surface area contributed by atoms with Gasteiger partial charge >= 0.3 is 0 Å². The molecule has 0 bridgehead atoms. The minimum Gasteiger partial charge on any atom is -0.366 e. The van der Waals surface area contributed by atoms with Crippen molar-refractivity contribution in [2.75, 3.05) is 0 Å². The first kappa shape index (κ1) is 14.4. The summed E-state index contributed by atoms with van der Waals surface area (Å²) in [7, 11) is 0. The van der Waals surface area contributed by atoms with Crippen LogP contribution in [0.4, 0.5) is 0 Å². The van der Waals surface area contributed by atoms with E-state index in [1.165, 1.54) is 10.9 Å². The van der Waals surface area contributed by atoms with Crippen molar-refractivity contribution in [2.45, 2.75) is 27.2 Å². The maximum atomic E-state index is 11.9. The molecule has 0 saturated carbocycles. The largest absolute Gasteiger partial charge is 0.366 e. The molecule has 0 aliphatic rings. The van der Waals surface area contributed by atoms with Crippen LogP contribution in [0.25, 0.3) is 22.0 Å². The van der Waals surface area contributed by atoms with Gasteiger partial charge in [0, 0.05) is 27.7 Å². The van der Waals surface area contributed by atoms with Crippen molar-refractivity contribution in [1.82, 2.24) is 4.98 Å². The molecular formula is C19H20N2O. The van der Waals surface area contributed by atoms with Gasteiger partial charge in [0.2, 0.25) is 5.91 Å². The molecule has 0 atom stereocenters. The molecular weight excluding hydrogens is 272 g/mol. The predicted octanol–water partition coefficient (Wildman–Crippen LogP) is 4.11. The maximum absolute atomic E-state index is 11.9. The van der Waals surface area contributed by atoms with Gasteiger partial charge in [-0.25, -0.2) is 0 Å². The number of carbonyl (C=O) groups is 1. The molecule has 0 unspecified atom stereocenters. The number of hydrogen-bond acceptors (Lipinski definition) is 1. The van der Waals surface area contributed by atoms with Gasteiger partial charge in [-0.3, -0.25) is 4.79 Å². The van der Waals surface area contributed by atoms with Crippen molar-refractivity contribution < 1.29 is 4.79 Å². The Labute approximate surface area is 130 Å². The van der Waals surface area contributed by atoms with Crippen LogP contribution >= 0.6 is 0 Å². The Morgan fingerprint density at radius 2 is 1.82 bits per heavy atom. The van der Waals surface area contributed by atoms with E-state index in [2.05, 4.69) is 37.0 Å². The van der Waals surface area contributed by atoms with E-state index >= 15 is 0 Å². The van der Waals surface area contributed by atoms with Crippen molar-refractivity contribution in [3.8, 4) is 11.1 Å². The number of carbonyl (C=O) groups excluding carboxylic acids is 1. The number of fused-ring (bicyclic) bond motifs is 1. The van der Waals surface area contributed by atoms with Crippen LogP contribution in [0.2, 0.25) is 0 Å². The third kappa shape index (κ3) is 2.10. The molecule has 0 aliphatic carbocycles. The van der Waals surface area contributed by atoms with Crippen LogP contribution in [0, 0.1) is 13.8 Å². The van der Waals surface area contributed by atoms with E-state index in [4.69, 9.17) is 5.73 Å². The summed E-state index contributed by atoms with van der Waals surface area (Å²) in [6.45, 7) is 6.24. The molecule has 3 heteroatoms. The van der Waals surface area contributed by atoms with Gasteiger partial charge in [0.05, 0.1) is 0 Å². The molecule has 0 fully saturated rings. The van der Waals surface area contributed by atoms with Crippen LogP contribution < -0.4 is 5.73 Å². The van der Waals surface area contributed by atoms with Gasteiger partial charge in [-0.1, -0.05) is 31.2 Å². The highest BCUT2D eigenvalue weighted by atomic mass is 16.1. The molecule has 1 amide bonds. The van der Waals surface area contributed by atoms with Crippen LogP contribution in [0.15, 0.2) is 36.4 Å². The minimum absolute atomic E-state index is 0.382. The first-order valence-electron chi connectivity index (χ1n) is 7.54. The zero-order valence-corrected chi connectivity index (χ0v) is 13.2. The van der Waals surface area contributed by atoms with Gasteiger partial charge in [0.15, 0.2) is 0 Å². The molecule has 0 saturated heterocycles. The number of primary amides is 1. The SMILES string of the molecule is CCc1cccc(C(N)=O)c1-c1c(C)[nH]c2cccc(C)c12. The normalized spacial score (nSPS) is 11.0. The highest BCUT2D eigenvalue weighted by Gasteiger charge is 2.20. The molecule has 3 nitrogen and oxygen atoms in total. The Balaban J connectivity index is 2.47. The van der Waals surface area contributed by atoms with Crippen molar-refractivity contribution in [3.63, 3.8) is 0 Å². The third-order valence-electron chi connectivity index (χ3n) is 4.27. The number of hydrogen-bond donors (Lipinski definition) is 2. The molecule has 3 aromatic rings. The summed E-state index contributed by atoms with van der Waals surface area (Å²) < 4.78 is 0. The minimum atomic E-state index is -0.382. The number of nitrogens with one attached hydrogen (secondary N) is 1. The van der Waals surface area contributed by atoms with E-state index in [-0.39, 0.29) is 5.91 Å². The number of aromatic amines is 1. The van der Waals surface area contributed by atoms with Gasteiger partial charge in [0.1, 0.15) is 0 Å². The van der Waals surface area contributed by atoms with E-state index in [9.17, 15) is 4.79 Å². The van der Waals surface area contributed by atoms with Crippen LogP contribution in [0.5, 0.6) is 0 Å². The summed E-state index contributed by atoms with van der Waals surface area (Å²) in [5.41, 5.74) is 12.8. The molecule has 1 heterocycles. The Kier molecular flexibility index (Phi) is 3.49. The molecule has 1 aromatic heterocycles. The summed E-state index contributed by atoms with van der Waals surface area (Å²) in [6, 6.07) is 12.0. The molecule has 3 rings (SSSR count). The fourth-order valence-corrected chi connectivity index (χ4v) is 3.26. The monoisotopic (exact) mass is 292 g/mol. The number of amides is 1. The molecule has 2 aromatic carbocycles. The molecule has 112 valence electrons. The quantitative estimate of drug-likeness (QED) is 0.749. The number of benzene rings is 2. The lowest BCUT2D eigenvalue weighted by Crippen LogP contribution is -2.13. The van der Waals surface area contributed by atoms with Crippen molar-refractivity contribution in [2.24, 2.45) is 5.73 Å². The number of H-pyrrole nitrogens is 1. The van der Waals surface area contributed by atoms with E-state index in [0.717, 1.165) is 34.3 Å². The zero-order chi connectivity index (χ0) is 15.9. The molecule has 0 spiro atoms. The van der Waals surface area contributed by atoms with Crippen molar-refractivity contribution in [1.29, 1.82) is 0 Å². The molecule has 22 heavy (non-hydrogen) atoms. The van der Waals surface area contributed by atoms with Crippen LogP contribution in [-0.2, 0) is 6.42 Å². The topological polar surface area (TPSA) is 58.9 Å². The van der Waals surface area contributed by atoms with Crippen LogP contribution in [0.1, 0.15) is 34.1 Å². The molecule has 0 aliphatic heterocycles. The smallest absolute Gasteiger partial charge is 0.249 e. The summed E-state index contributed by atoms with van der Waals surface area (Å²) in [4.78, 5) is 15.4. The standard InChI is InChI=1S/C19H20N2O/c1-4-13-8-6-9-14(19(20)22)18(13)17-12(3)21-15-10-5-7-11(2)16(15)17/h5-10,21H,4H2,1-3H3,(H2,20,22). The Morgan fingerprint density at radius 3 is 2.50 bits per heavy atom. The Bertz CT molecular complexity index is 875. The van der Waals surface area contributed by atoms with E-state index < -0.39 is 0 Å². The average molecular weight is 292 g/mol. The highest BCUT2D eigenvalue weighted by Crippen LogP contribution is 2.38. The summed E-state index contributed by atoms with van der Waals surface area (Å²) in [6.07, 6.45) is 0.856. The van der Waals surface area contributed by atoms with E-state index in [1.54, 1.807) is 0 Å². The lowest BCUT2D eigenvalue weighted by atomic mass is 9.90. The number of aryl methyl sites for hydroxylation is 3. The maximum Gasteiger partial charge on any atom is 0.249 e. The molecule has 0 radical (unpaired) electrons. The lowest BCUT2D eigenvalue weighted by molar-refractivity contribution is 0.100. The van der Waals surface area contributed by atoms with E-state index in [0.29, 0.717) is 5.56 Å².